The molecule has 2 atom stereocenters. The highest BCUT2D eigenvalue weighted by Gasteiger charge is 2.20. The minimum absolute atomic E-state index is 0.0331. The van der Waals surface area contributed by atoms with E-state index in [-0.39, 0.29) is 22.8 Å². The van der Waals surface area contributed by atoms with Crippen molar-refractivity contribution in [2.45, 2.75) is 26.1 Å². The van der Waals surface area contributed by atoms with Gasteiger partial charge in [0, 0.05) is 0 Å². The highest BCUT2D eigenvalue weighted by molar-refractivity contribution is 5.89. The van der Waals surface area contributed by atoms with Gasteiger partial charge in [0.05, 0.1) is 25.9 Å². The van der Waals surface area contributed by atoms with Crippen LogP contribution in [0.5, 0.6) is 17.2 Å². The molecule has 0 fully saturated rings. The average molecular weight is 270 g/mol. The number of methoxy groups -OCH3 is 2. The lowest BCUT2D eigenvalue weighted by Gasteiger charge is -2.21. The quantitative estimate of drug-likeness (QED) is 0.815. The molecule has 0 bridgehead atoms. The summed E-state index contributed by atoms with van der Waals surface area (Å²) in [4.78, 5) is 11.0. The summed E-state index contributed by atoms with van der Waals surface area (Å²) < 4.78 is 15.8. The summed E-state index contributed by atoms with van der Waals surface area (Å²) >= 11 is 0. The van der Waals surface area contributed by atoms with Crippen molar-refractivity contribution in [1.82, 2.24) is 0 Å². The van der Waals surface area contributed by atoms with Crippen LogP contribution >= 0.6 is 0 Å². The average Bonchev–Trinajstić information content (AvgIpc) is 2.38. The summed E-state index contributed by atoms with van der Waals surface area (Å²) in [6.45, 7) is 3.28. The Morgan fingerprint density at radius 1 is 1.16 bits per heavy atom. The fraction of sp³-hybridized carbons (Fsp3) is 0.462. The van der Waals surface area contributed by atoms with Gasteiger partial charge >= 0.3 is 5.97 Å². The van der Waals surface area contributed by atoms with Gasteiger partial charge < -0.3 is 24.4 Å². The molecular formula is C13H18O6. The number of carboxylic acid groups (broad SMARTS) is 1. The molecule has 1 aromatic rings. The van der Waals surface area contributed by atoms with Gasteiger partial charge in [0.25, 0.3) is 0 Å². The Balaban J connectivity index is 3.24. The van der Waals surface area contributed by atoms with Crippen molar-refractivity contribution in [2.75, 3.05) is 14.2 Å². The highest BCUT2D eigenvalue weighted by Crippen LogP contribution is 2.39. The number of rotatable bonds is 6. The number of ether oxygens (including phenoxy) is 3. The minimum atomic E-state index is -1.09. The predicted octanol–water partition coefficient (Wildman–Crippen LogP) is 1.55. The summed E-state index contributed by atoms with van der Waals surface area (Å²) in [6.07, 6.45) is -1.17. The van der Waals surface area contributed by atoms with E-state index in [9.17, 15) is 9.90 Å². The number of hydrogen-bond acceptors (Lipinski definition) is 5. The van der Waals surface area contributed by atoms with E-state index in [4.69, 9.17) is 19.3 Å². The zero-order valence-electron chi connectivity index (χ0n) is 11.3. The molecule has 0 spiro atoms. The molecule has 106 valence electrons. The first-order chi connectivity index (χ1) is 8.90. The van der Waals surface area contributed by atoms with Crippen LogP contribution in [0.25, 0.3) is 0 Å². The van der Waals surface area contributed by atoms with Crippen molar-refractivity contribution in [2.24, 2.45) is 0 Å². The van der Waals surface area contributed by atoms with Crippen LogP contribution in [0, 0.1) is 0 Å². The third kappa shape index (κ3) is 3.51. The fourth-order valence-corrected chi connectivity index (χ4v) is 1.40. The van der Waals surface area contributed by atoms with Gasteiger partial charge in [-0.1, -0.05) is 0 Å². The Labute approximate surface area is 111 Å². The second-order valence-corrected chi connectivity index (χ2v) is 4.08. The molecule has 0 radical (unpaired) electrons. The van der Waals surface area contributed by atoms with Crippen molar-refractivity contribution in [3.63, 3.8) is 0 Å². The fourth-order valence-electron chi connectivity index (χ4n) is 1.40. The lowest BCUT2D eigenvalue weighted by Crippen LogP contribution is -2.26. The van der Waals surface area contributed by atoms with Crippen LogP contribution in [0.3, 0.4) is 0 Å². The molecule has 19 heavy (non-hydrogen) atoms. The zero-order chi connectivity index (χ0) is 14.6. The largest absolute Gasteiger partial charge is 0.493 e. The Morgan fingerprint density at radius 3 is 1.95 bits per heavy atom. The van der Waals surface area contributed by atoms with E-state index < -0.39 is 18.2 Å². The molecule has 0 heterocycles. The van der Waals surface area contributed by atoms with Gasteiger partial charge in [-0.15, -0.1) is 0 Å². The van der Waals surface area contributed by atoms with Crippen molar-refractivity contribution in [1.29, 1.82) is 0 Å². The second-order valence-electron chi connectivity index (χ2n) is 4.08. The molecule has 0 aliphatic carbocycles. The Hall–Kier alpha value is -1.95. The number of benzene rings is 1. The lowest BCUT2D eigenvalue weighted by molar-refractivity contribution is 0.0565. The van der Waals surface area contributed by atoms with E-state index in [1.807, 2.05) is 0 Å². The van der Waals surface area contributed by atoms with E-state index >= 15 is 0 Å². The first-order valence-corrected chi connectivity index (χ1v) is 5.74. The molecule has 1 rings (SSSR count). The maximum Gasteiger partial charge on any atom is 0.335 e. The van der Waals surface area contributed by atoms with Crippen LogP contribution in [0.15, 0.2) is 12.1 Å². The minimum Gasteiger partial charge on any atom is -0.493 e. The van der Waals surface area contributed by atoms with E-state index in [2.05, 4.69) is 0 Å². The SMILES string of the molecule is COc1cc(C(=O)O)cc(OC)c1OC(C)C(C)O. The summed E-state index contributed by atoms with van der Waals surface area (Å²) in [6, 6.07) is 2.68. The molecule has 6 nitrogen and oxygen atoms in total. The maximum absolute atomic E-state index is 11.0. The van der Waals surface area contributed by atoms with E-state index in [0.717, 1.165) is 0 Å². The van der Waals surface area contributed by atoms with E-state index in [0.29, 0.717) is 0 Å². The molecule has 2 N–H and O–H groups in total. The molecule has 0 aliphatic rings. The van der Waals surface area contributed by atoms with E-state index in [1.54, 1.807) is 13.8 Å². The molecule has 0 amide bonds. The van der Waals surface area contributed by atoms with Gasteiger partial charge in [0.1, 0.15) is 6.10 Å². The summed E-state index contributed by atoms with van der Waals surface area (Å²) in [5, 5.41) is 18.4. The molecule has 1 aromatic carbocycles. The normalized spacial score (nSPS) is 13.5. The number of aromatic carboxylic acids is 1. The number of hydrogen-bond donors (Lipinski definition) is 2. The van der Waals surface area contributed by atoms with Gasteiger partial charge in [-0.05, 0) is 26.0 Å². The Bertz CT molecular complexity index is 429. The van der Waals surface area contributed by atoms with Gasteiger partial charge in [-0.2, -0.15) is 0 Å². The van der Waals surface area contributed by atoms with Crippen LogP contribution in [0.1, 0.15) is 24.2 Å². The molecule has 0 saturated heterocycles. The molecule has 2 unspecified atom stereocenters. The number of aliphatic hydroxyl groups is 1. The third-order valence-corrected chi connectivity index (χ3v) is 2.69. The molecule has 0 saturated carbocycles. The van der Waals surface area contributed by atoms with Gasteiger partial charge in [0.15, 0.2) is 11.5 Å². The summed E-state index contributed by atoms with van der Waals surface area (Å²) in [7, 11) is 2.81. The van der Waals surface area contributed by atoms with Gasteiger partial charge in [-0.25, -0.2) is 4.79 Å². The Kier molecular flexibility index (Phi) is 5.00. The first kappa shape index (κ1) is 15.1. The molecule has 0 aromatic heterocycles. The van der Waals surface area contributed by atoms with Crippen molar-refractivity contribution < 1.29 is 29.2 Å². The standard InChI is InChI=1S/C13H18O6/c1-7(14)8(2)19-12-10(17-3)5-9(13(15)16)6-11(12)18-4/h5-8,14H,1-4H3,(H,15,16). The monoisotopic (exact) mass is 270 g/mol. The topological polar surface area (TPSA) is 85.2 Å². The Morgan fingerprint density at radius 2 is 1.63 bits per heavy atom. The summed E-state index contributed by atoms with van der Waals surface area (Å²) in [5.41, 5.74) is 0.0331. The number of carboxylic acids is 1. The third-order valence-electron chi connectivity index (χ3n) is 2.69. The highest BCUT2D eigenvalue weighted by atomic mass is 16.5. The number of carbonyl (C=O) groups is 1. The molecule has 6 heteroatoms. The van der Waals surface area contributed by atoms with Crippen LogP contribution in [0.2, 0.25) is 0 Å². The van der Waals surface area contributed by atoms with E-state index in [1.165, 1.54) is 26.4 Å². The van der Waals surface area contributed by atoms with Crippen LogP contribution in [0.4, 0.5) is 0 Å². The maximum atomic E-state index is 11.0. The van der Waals surface area contributed by atoms with Crippen molar-refractivity contribution in [3.8, 4) is 17.2 Å². The second kappa shape index (κ2) is 6.29. The van der Waals surface area contributed by atoms with Crippen LogP contribution in [-0.2, 0) is 0 Å². The summed E-state index contributed by atoms with van der Waals surface area (Å²) in [5.74, 6) is -0.344. The van der Waals surface area contributed by atoms with Crippen LogP contribution < -0.4 is 14.2 Å². The predicted molar refractivity (Wildman–Crippen MR) is 68.3 cm³/mol. The van der Waals surface area contributed by atoms with Gasteiger partial charge in [0.2, 0.25) is 5.75 Å². The van der Waals surface area contributed by atoms with Crippen molar-refractivity contribution >= 4 is 5.97 Å². The lowest BCUT2D eigenvalue weighted by atomic mass is 10.1. The molecular weight excluding hydrogens is 252 g/mol. The zero-order valence-corrected chi connectivity index (χ0v) is 11.3. The van der Waals surface area contributed by atoms with Gasteiger partial charge in [-0.3, -0.25) is 0 Å². The molecule has 0 aliphatic heterocycles. The smallest absolute Gasteiger partial charge is 0.335 e. The van der Waals surface area contributed by atoms with Crippen molar-refractivity contribution in [3.05, 3.63) is 17.7 Å². The van der Waals surface area contributed by atoms with Crippen LogP contribution in [-0.4, -0.2) is 42.6 Å². The number of aliphatic hydroxyl groups excluding tert-OH is 1. The first-order valence-electron chi connectivity index (χ1n) is 5.74.